The molecule has 2 aliphatic carbocycles. The molecule has 3 rings (SSSR count). The van der Waals surface area contributed by atoms with Crippen LogP contribution in [0.1, 0.15) is 55.4 Å². The van der Waals surface area contributed by atoms with E-state index in [0.29, 0.717) is 16.8 Å². The first-order valence-corrected chi connectivity index (χ1v) is 7.65. The lowest BCUT2D eigenvalue weighted by Gasteiger charge is -2.06. The van der Waals surface area contributed by atoms with Crippen LogP contribution >= 0.6 is 11.3 Å². The Labute approximate surface area is 112 Å². The van der Waals surface area contributed by atoms with E-state index < -0.39 is 0 Å². The van der Waals surface area contributed by atoms with E-state index in [9.17, 15) is 0 Å². The Bertz CT molecular complexity index is 496. The number of anilines is 2. The highest BCUT2D eigenvalue weighted by atomic mass is 32.1. The first-order chi connectivity index (χ1) is 8.74. The van der Waals surface area contributed by atoms with Crippen molar-refractivity contribution in [2.45, 2.75) is 51.0 Å². The molecule has 0 saturated heterocycles. The van der Waals surface area contributed by atoms with E-state index in [-0.39, 0.29) is 0 Å². The number of nitrogens with zero attached hydrogens (tertiary/aromatic N) is 1. The number of nitrogens with two attached hydrogens (primary N) is 1. The molecule has 2 fully saturated rings. The summed E-state index contributed by atoms with van der Waals surface area (Å²) >= 11 is 1.55. The minimum Gasteiger partial charge on any atom is -0.397 e. The largest absolute Gasteiger partial charge is 0.397 e. The topological polar surface area (TPSA) is 61.8 Å². The quantitative estimate of drug-likeness (QED) is 0.850. The zero-order chi connectivity index (χ0) is 12.7. The van der Waals surface area contributed by atoms with Gasteiger partial charge in [-0.1, -0.05) is 13.3 Å². The normalized spacial score (nSPS) is 25.8. The third-order valence-electron chi connectivity index (χ3n) is 3.97. The third kappa shape index (κ3) is 2.08. The van der Waals surface area contributed by atoms with Gasteiger partial charge in [0.2, 0.25) is 0 Å². The van der Waals surface area contributed by atoms with Crippen molar-refractivity contribution in [3.05, 3.63) is 10.4 Å². The van der Waals surface area contributed by atoms with Crippen LogP contribution in [0.2, 0.25) is 0 Å². The van der Waals surface area contributed by atoms with Crippen molar-refractivity contribution >= 4 is 22.0 Å². The molecule has 0 aromatic carbocycles. The molecule has 1 heterocycles. The van der Waals surface area contributed by atoms with Crippen molar-refractivity contribution in [1.29, 1.82) is 5.26 Å². The summed E-state index contributed by atoms with van der Waals surface area (Å²) in [6.07, 6.45) is 6.29. The van der Waals surface area contributed by atoms with Crippen LogP contribution in [0.25, 0.3) is 0 Å². The lowest BCUT2D eigenvalue weighted by molar-refractivity contribution is 0.693. The van der Waals surface area contributed by atoms with Gasteiger partial charge in [-0.3, -0.25) is 0 Å². The maximum absolute atomic E-state index is 9.10. The highest BCUT2D eigenvalue weighted by molar-refractivity contribution is 7.17. The minimum absolute atomic E-state index is 0.606. The third-order valence-corrected chi connectivity index (χ3v) is 5.03. The van der Waals surface area contributed by atoms with Crippen LogP contribution in [-0.4, -0.2) is 6.04 Å². The van der Waals surface area contributed by atoms with E-state index >= 15 is 0 Å². The number of hydrogen-bond donors (Lipinski definition) is 2. The first-order valence-electron chi connectivity index (χ1n) is 6.83. The van der Waals surface area contributed by atoms with Gasteiger partial charge < -0.3 is 11.1 Å². The Morgan fingerprint density at radius 2 is 2.28 bits per heavy atom. The van der Waals surface area contributed by atoms with Gasteiger partial charge in [-0.25, -0.2) is 0 Å². The fraction of sp³-hybridized carbons (Fsp3) is 0.643. The number of thiophene rings is 1. The molecule has 2 saturated carbocycles. The van der Waals surface area contributed by atoms with Crippen molar-refractivity contribution in [3.63, 3.8) is 0 Å². The van der Waals surface area contributed by atoms with Gasteiger partial charge in [0.25, 0.3) is 0 Å². The van der Waals surface area contributed by atoms with Crippen LogP contribution in [0.3, 0.4) is 0 Å². The maximum atomic E-state index is 9.10. The van der Waals surface area contributed by atoms with Crippen LogP contribution in [0, 0.1) is 17.2 Å². The predicted molar refractivity (Wildman–Crippen MR) is 75.8 cm³/mol. The van der Waals surface area contributed by atoms with Crippen LogP contribution in [0.4, 0.5) is 10.7 Å². The fourth-order valence-corrected chi connectivity index (χ4v) is 3.77. The molecule has 1 aromatic heterocycles. The van der Waals surface area contributed by atoms with Crippen molar-refractivity contribution in [1.82, 2.24) is 0 Å². The van der Waals surface area contributed by atoms with Gasteiger partial charge >= 0.3 is 0 Å². The van der Waals surface area contributed by atoms with Crippen molar-refractivity contribution < 1.29 is 0 Å². The van der Waals surface area contributed by atoms with Gasteiger partial charge in [-0.15, -0.1) is 11.3 Å². The lowest BCUT2D eigenvalue weighted by atomic mass is 10.1. The zero-order valence-electron chi connectivity index (χ0n) is 10.7. The Balaban J connectivity index is 1.77. The number of rotatable bonds is 5. The number of nitrogen functional groups attached to an aromatic ring is 1. The Morgan fingerprint density at radius 3 is 2.89 bits per heavy atom. The summed E-state index contributed by atoms with van der Waals surface area (Å²) in [5, 5.41) is 13.9. The van der Waals surface area contributed by atoms with E-state index in [2.05, 4.69) is 18.3 Å². The maximum Gasteiger partial charge on any atom is 0.130 e. The molecule has 2 atom stereocenters. The summed E-state index contributed by atoms with van der Waals surface area (Å²) in [7, 11) is 0. The Hall–Kier alpha value is -1.21. The predicted octanol–water partition coefficient (Wildman–Crippen LogP) is 3.68. The van der Waals surface area contributed by atoms with Crippen molar-refractivity contribution in [3.8, 4) is 6.07 Å². The molecule has 1 aromatic rings. The molecular formula is C14H19N3S. The van der Waals surface area contributed by atoms with Crippen LogP contribution in [0.15, 0.2) is 0 Å². The standard InChI is InChI=1S/C14H19N3S/c1-2-3-9-6-10(9)17-14-12(8-4-5-8)13(16)11(7-15)18-14/h8-10,17H,2-6,16H2,1H3. The molecule has 3 N–H and O–H groups in total. The molecule has 0 spiro atoms. The summed E-state index contributed by atoms with van der Waals surface area (Å²) in [5.41, 5.74) is 8.06. The monoisotopic (exact) mass is 261 g/mol. The molecule has 18 heavy (non-hydrogen) atoms. The zero-order valence-corrected chi connectivity index (χ0v) is 11.5. The fourth-order valence-electron chi connectivity index (χ4n) is 2.71. The van der Waals surface area contributed by atoms with Gasteiger partial charge in [0.1, 0.15) is 10.9 Å². The van der Waals surface area contributed by atoms with E-state index in [1.807, 2.05) is 0 Å². The summed E-state index contributed by atoms with van der Waals surface area (Å²) in [6, 6.07) is 2.84. The van der Waals surface area contributed by atoms with Crippen LogP contribution in [0.5, 0.6) is 0 Å². The SMILES string of the molecule is CCCC1CC1Nc1sc(C#N)c(N)c1C1CC1. The van der Waals surface area contributed by atoms with Crippen LogP contribution < -0.4 is 11.1 Å². The second-order valence-corrected chi connectivity index (χ2v) is 6.53. The summed E-state index contributed by atoms with van der Waals surface area (Å²) < 4.78 is 0. The molecule has 3 nitrogen and oxygen atoms in total. The van der Waals surface area contributed by atoms with Gasteiger partial charge in [0.15, 0.2) is 0 Å². The van der Waals surface area contributed by atoms with Crippen molar-refractivity contribution in [2.75, 3.05) is 11.1 Å². The smallest absolute Gasteiger partial charge is 0.130 e. The molecule has 0 amide bonds. The van der Waals surface area contributed by atoms with Crippen LogP contribution in [-0.2, 0) is 0 Å². The van der Waals surface area contributed by atoms with Crippen molar-refractivity contribution in [2.24, 2.45) is 5.92 Å². The minimum atomic E-state index is 0.606. The average molecular weight is 261 g/mol. The summed E-state index contributed by atoms with van der Waals surface area (Å²) in [6.45, 7) is 2.24. The molecule has 0 radical (unpaired) electrons. The van der Waals surface area contributed by atoms with E-state index in [0.717, 1.165) is 11.6 Å². The van der Waals surface area contributed by atoms with E-state index in [1.165, 1.54) is 42.7 Å². The van der Waals surface area contributed by atoms with E-state index in [1.54, 1.807) is 11.3 Å². The second kappa shape index (κ2) is 4.47. The molecule has 0 aliphatic heterocycles. The van der Waals surface area contributed by atoms with E-state index in [4.69, 9.17) is 11.0 Å². The highest BCUT2D eigenvalue weighted by Gasteiger charge is 2.38. The summed E-state index contributed by atoms with van der Waals surface area (Å²) in [5.74, 6) is 1.44. The first kappa shape index (κ1) is 11.9. The molecule has 4 heteroatoms. The molecule has 0 bridgehead atoms. The molecule has 2 aliphatic rings. The lowest BCUT2D eigenvalue weighted by Crippen LogP contribution is -2.05. The van der Waals surface area contributed by atoms with Gasteiger partial charge in [-0.05, 0) is 37.5 Å². The number of nitriles is 1. The van der Waals surface area contributed by atoms with Gasteiger partial charge in [-0.2, -0.15) is 5.26 Å². The second-order valence-electron chi connectivity index (χ2n) is 5.51. The number of nitrogens with one attached hydrogen (secondary N) is 1. The highest BCUT2D eigenvalue weighted by Crippen LogP contribution is 2.52. The molecular weight excluding hydrogens is 242 g/mol. The molecule has 2 unspecified atom stereocenters. The molecule has 96 valence electrons. The van der Waals surface area contributed by atoms with Gasteiger partial charge in [0, 0.05) is 11.6 Å². The Kier molecular flexibility index (Phi) is 2.95. The number of hydrogen-bond acceptors (Lipinski definition) is 4. The summed E-state index contributed by atoms with van der Waals surface area (Å²) in [4.78, 5) is 0.687. The van der Waals surface area contributed by atoms with Gasteiger partial charge in [0.05, 0.1) is 10.7 Å². The average Bonchev–Trinajstić information content (AvgIpc) is 3.25. The Morgan fingerprint density at radius 1 is 1.50 bits per heavy atom.